The Labute approximate surface area is 125 Å². The molecule has 2 N–H and O–H groups in total. The first-order valence-electron chi connectivity index (χ1n) is 6.96. The first-order chi connectivity index (χ1) is 9.70. The minimum absolute atomic E-state index is 0.488. The van der Waals surface area contributed by atoms with Crippen molar-refractivity contribution in [2.24, 2.45) is 0 Å². The van der Waals surface area contributed by atoms with Crippen LogP contribution < -0.4 is 5.32 Å². The standard InChI is InChI=1S/C17H20ClNO/c1-2-5-13-6-3-4-7-16(13)19-12-17(20)14-8-10-15(18)11-9-14/h3-4,6-11,17,19-20H,2,5,12H2,1H3. The largest absolute Gasteiger partial charge is 0.387 e. The minimum Gasteiger partial charge on any atom is -0.387 e. The summed E-state index contributed by atoms with van der Waals surface area (Å²) in [7, 11) is 0. The van der Waals surface area contributed by atoms with Gasteiger partial charge in [-0.05, 0) is 35.7 Å². The summed E-state index contributed by atoms with van der Waals surface area (Å²) in [6.45, 7) is 2.65. The Morgan fingerprint density at radius 1 is 1.10 bits per heavy atom. The summed E-state index contributed by atoms with van der Waals surface area (Å²) in [5.74, 6) is 0. The van der Waals surface area contributed by atoms with Gasteiger partial charge in [-0.25, -0.2) is 0 Å². The molecule has 3 heteroatoms. The topological polar surface area (TPSA) is 32.3 Å². The second kappa shape index (κ2) is 7.32. The number of aryl methyl sites for hydroxylation is 1. The van der Waals surface area contributed by atoms with E-state index in [-0.39, 0.29) is 0 Å². The van der Waals surface area contributed by atoms with Crippen LogP contribution in [0.5, 0.6) is 0 Å². The van der Waals surface area contributed by atoms with Crippen LogP contribution in [0.4, 0.5) is 5.69 Å². The lowest BCUT2D eigenvalue weighted by atomic mass is 10.1. The van der Waals surface area contributed by atoms with Crippen LogP contribution >= 0.6 is 11.6 Å². The van der Waals surface area contributed by atoms with Crippen LogP contribution in [-0.2, 0) is 6.42 Å². The number of para-hydroxylation sites is 1. The molecule has 0 amide bonds. The molecule has 2 aromatic carbocycles. The molecule has 0 aliphatic rings. The summed E-state index contributed by atoms with van der Waals surface area (Å²) in [5.41, 5.74) is 3.26. The average Bonchev–Trinajstić information content (AvgIpc) is 2.47. The number of anilines is 1. The van der Waals surface area contributed by atoms with Gasteiger partial charge in [0.05, 0.1) is 6.10 Å². The third kappa shape index (κ3) is 3.99. The van der Waals surface area contributed by atoms with Crippen molar-refractivity contribution < 1.29 is 5.11 Å². The van der Waals surface area contributed by atoms with Gasteiger partial charge in [-0.2, -0.15) is 0 Å². The van der Waals surface area contributed by atoms with E-state index in [0.717, 1.165) is 24.1 Å². The van der Waals surface area contributed by atoms with Crippen molar-refractivity contribution in [3.63, 3.8) is 0 Å². The van der Waals surface area contributed by atoms with E-state index in [4.69, 9.17) is 11.6 Å². The van der Waals surface area contributed by atoms with Gasteiger partial charge < -0.3 is 10.4 Å². The van der Waals surface area contributed by atoms with Gasteiger partial charge in [-0.3, -0.25) is 0 Å². The second-order valence-corrected chi connectivity index (χ2v) is 5.29. The molecule has 0 fully saturated rings. The van der Waals surface area contributed by atoms with Crippen LogP contribution in [0, 0.1) is 0 Å². The fourth-order valence-corrected chi connectivity index (χ4v) is 2.32. The molecule has 2 nitrogen and oxygen atoms in total. The summed E-state index contributed by atoms with van der Waals surface area (Å²) >= 11 is 5.85. The van der Waals surface area contributed by atoms with Crippen molar-refractivity contribution in [2.45, 2.75) is 25.9 Å². The second-order valence-electron chi connectivity index (χ2n) is 4.86. The molecule has 0 aromatic heterocycles. The Balaban J connectivity index is 1.99. The number of benzene rings is 2. The summed E-state index contributed by atoms with van der Waals surface area (Å²) in [6.07, 6.45) is 1.61. The van der Waals surface area contributed by atoms with Crippen LogP contribution in [0.15, 0.2) is 48.5 Å². The van der Waals surface area contributed by atoms with Gasteiger partial charge in [0.15, 0.2) is 0 Å². The molecule has 0 aliphatic heterocycles. The summed E-state index contributed by atoms with van der Waals surface area (Å²) in [4.78, 5) is 0. The van der Waals surface area contributed by atoms with Crippen molar-refractivity contribution in [3.05, 3.63) is 64.7 Å². The van der Waals surface area contributed by atoms with E-state index in [2.05, 4.69) is 24.4 Å². The fraction of sp³-hybridized carbons (Fsp3) is 0.294. The Bertz CT molecular complexity index is 539. The van der Waals surface area contributed by atoms with Crippen molar-refractivity contribution >= 4 is 17.3 Å². The van der Waals surface area contributed by atoms with E-state index < -0.39 is 6.10 Å². The van der Waals surface area contributed by atoms with Gasteiger partial charge >= 0.3 is 0 Å². The highest BCUT2D eigenvalue weighted by Crippen LogP contribution is 2.20. The molecule has 0 spiro atoms. The summed E-state index contributed by atoms with van der Waals surface area (Å²) in [6, 6.07) is 15.5. The van der Waals surface area contributed by atoms with Crippen LogP contribution in [0.3, 0.4) is 0 Å². The van der Waals surface area contributed by atoms with Crippen molar-refractivity contribution in [2.75, 3.05) is 11.9 Å². The Hall–Kier alpha value is -1.51. The molecule has 0 bridgehead atoms. The Morgan fingerprint density at radius 2 is 1.80 bits per heavy atom. The highest BCUT2D eigenvalue weighted by atomic mass is 35.5. The lowest BCUT2D eigenvalue weighted by Crippen LogP contribution is -2.13. The monoisotopic (exact) mass is 289 g/mol. The van der Waals surface area contributed by atoms with Crippen molar-refractivity contribution in [1.82, 2.24) is 0 Å². The van der Waals surface area contributed by atoms with E-state index in [9.17, 15) is 5.11 Å². The number of aliphatic hydroxyl groups excluding tert-OH is 1. The number of halogens is 1. The van der Waals surface area contributed by atoms with Gasteiger partial charge in [0.1, 0.15) is 0 Å². The zero-order chi connectivity index (χ0) is 14.4. The third-order valence-electron chi connectivity index (χ3n) is 3.28. The molecular weight excluding hydrogens is 270 g/mol. The molecule has 0 saturated heterocycles. The number of hydrogen-bond donors (Lipinski definition) is 2. The number of hydrogen-bond acceptors (Lipinski definition) is 2. The number of rotatable bonds is 6. The predicted octanol–water partition coefficient (Wildman–Crippen LogP) is 4.44. The molecule has 1 atom stereocenters. The molecule has 0 radical (unpaired) electrons. The maximum Gasteiger partial charge on any atom is 0.0962 e. The van der Waals surface area contributed by atoms with Crippen LogP contribution in [-0.4, -0.2) is 11.7 Å². The quantitative estimate of drug-likeness (QED) is 0.824. The normalized spacial score (nSPS) is 12.2. The fourth-order valence-electron chi connectivity index (χ4n) is 2.19. The predicted molar refractivity (Wildman–Crippen MR) is 85.3 cm³/mol. The molecule has 2 rings (SSSR count). The zero-order valence-corrected chi connectivity index (χ0v) is 12.4. The lowest BCUT2D eigenvalue weighted by molar-refractivity contribution is 0.191. The average molecular weight is 290 g/mol. The Morgan fingerprint density at radius 3 is 2.50 bits per heavy atom. The third-order valence-corrected chi connectivity index (χ3v) is 3.53. The number of aliphatic hydroxyl groups is 1. The van der Waals surface area contributed by atoms with Gasteiger partial charge in [0, 0.05) is 17.3 Å². The van der Waals surface area contributed by atoms with Crippen molar-refractivity contribution in [3.8, 4) is 0 Å². The summed E-state index contributed by atoms with van der Waals surface area (Å²) < 4.78 is 0. The van der Waals surface area contributed by atoms with E-state index in [0.29, 0.717) is 11.6 Å². The molecule has 1 unspecified atom stereocenters. The molecule has 20 heavy (non-hydrogen) atoms. The van der Waals surface area contributed by atoms with Crippen molar-refractivity contribution in [1.29, 1.82) is 0 Å². The van der Waals surface area contributed by atoms with Crippen LogP contribution in [0.2, 0.25) is 5.02 Å². The number of nitrogens with one attached hydrogen (secondary N) is 1. The van der Waals surface area contributed by atoms with Gasteiger partial charge in [0.25, 0.3) is 0 Å². The van der Waals surface area contributed by atoms with Gasteiger partial charge in [-0.1, -0.05) is 55.3 Å². The molecule has 0 saturated carbocycles. The smallest absolute Gasteiger partial charge is 0.0962 e. The van der Waals surface area contributed by atoms with Crippen LogP contribution in [0.25, 0.3) is 0 Å². The van der Waals surface area contributed by atoms with Gasteiger partial charge in [-0.15, -0.1) is 0 Å². The van der Waals surface area contributed by atoms with Gasteiger partial charge in [0.2, 0.25) is 0 Å². The first kappa shape index (κ1) is 14.9. The molecule has 106 valence electrons. The molecule has 0 aliphatic carbocycles. The summed E-state index contributed by atoms with van der Waals surface area (Å²) in [5, 5.41) is 14.2. The molecule has 2 aromatic rings. The van der Waals surface area contributed by atoms with E-state index in [1.54, 1.807) is 12.1 Å². The minimum atomic E-state index is -0.540. The Kier molecular flexibility index (Phi) is 5.45. The molecule has 0 heterocycles. The molecular formula is C17H20ClNO. The van der Waals surface area contributed by atoms with E-state index in [1.165, 1.54) is 5.56 Å². The highest BCUT2D eigenvalue weighted by molar-refractivity contribution is 6.30. The lowest BCUT2D eigenvalue weighted by Gasteiger charge is -2.15. The highest BCUT2D eigenvalue weighted by Gasteiger charge is 2.08. The zero-order valence-electron chi connectivity index (χ0n) is 11.6. The maximum absolute atomic E-state index is 10.2. The van der Waals surface area contributed by atoms with E-state index in [1.807, 2.05) is 24.3 Å². The van der Waals surface area contributed by atoms with E-state index >= 15 is 0 Å². The first-order valence-corrected chi connectivity index (χ1v) is 7.34. The maximum atomic E-state index is 10.2. The SMILES string of the molecule is CCCc1ccccc1NCC(O)c1ccc(Cl)cc1. The van der Waals surface area contributed by atoms with Crippen LogP contribution in [0.1, 0.15) is 30.6 Å².